The van der Waals surface area contributed by atoms with Crippen LogP contribution >= 0.6 is 0 Å². The van der Waals surface area contributed by atoms with E-state index in [0.29, 0.717) is 62.5 Å². The second kappa shape index (κ2) is 23.1. The summed E-state index contributed by atoms with van der Waals surface area (Å²) in [7, 11) is 1.18. The third-order valence-corrected chi connectivity index (χ3v) is 18.2. The van der Waals surface area contributed by atoms with Crippen LogP contribution in [-0.2, 0) is 58.8 Å². The van der Waals surface area contributed by atoms with Crippen LogP contribution in [0.1, 0.15) is 83.6 Å². The van der Waals surface area contributed by atoms with Gasteiger partial charge in [-0.3, -0.25) is 14.4 Å². The number of hydrogen-bond acceptors (Lipinski definition) is 21. The van der Waals surface area contributed by atoms with Crippen molar-refractivity contribution in [1.82, 2.24) is 10.6 Å². The van der Waals surface area contributed by atoms with E-state index >= 15 is 0 Å². The Morgan fingerprint density at radius 1 is 0.697 bits per heavy atom. The fraction of sp³-hybridized carbons (Fsp3) is 0.769. The highest BCUT2D eigenvalue weighted by Gasteiger charge is 2.69. The monoisotopic (exact) mass is 1080 g/mol. The molecule has 7 fully saturated rings. The minimum Gasteiger partial charge on any atom is -0.481 e. The van der Waals surface area contributed by atoms with Crippen molar-refractivity contribution in [3.05, 3.63) is 48.0 Å². The van der Waals surface area contributed by atoms with E-state index in [0.717, 1.165) is 6.42 Å². The molecule has 24 heteroatoms. The molecule has 0 aromatic heterocycles. The van der Waals surface area contributed by atoms with Crippen LogP contribution in [0.15, 0.2) is 42.5 Å². The first-order valence-electron chi connectivity index (χ1n) is 26.2. The molecule has 1 aromatic rings. The number of hydrogen-bond donors (Lipinski definition) is 13. The van der Waals surface area contributed by atoms with Gasteiger partial charge in [0.1, 0.15) is 85.3 Å². The molecule has 13 N–H and O–H groups in total. The number of esters is 1. The number of nitrogens with one attached hydrogen (secondary N) is 2. The van der Waals surface area contributed by atoms with Gasteiger partial charge < -0.3 is 100.0 Å². The summed E-state index contributed by atoms with van der Waals surface area (Å²) in [6.07, 6.45) is -22.3. The predicted molar refractivity (Wildman–Crippen MR) is 257 cm³/mol. The molecule has 2 bridgehead atoms. The van der Waals surface area contributed by atoms with E-state index in [1.807, 2.05) is 6.92 Å². The van der Waals surface area contributed by atoms with Crippen LogP contribution in [0, 0.1) is 28.1 Å². The van der Waals surface area contributed by atoms with Gasteiger partial charge in [0.05, 0.1) is 39.0 Å². The average Bonchev–Trinajstić information content (AvgIpc) is 3.75. The Kier molecular flexibility index (Phi) is 17.7. The van der Waals surface area contributed by atoms with E-state index in [4.69, 9.17) is 33.2 Å². The van der Waals surface area contributed by atoms with E-state index < -0.39 is 176 Å². The van der Waals surface area contributed by atoms with Gasteiger partial charge in [0.25, 0.3) is 0 Å². The van der Waals surface area contributed by atoms with Gasteiger partial charge in [0.2, 0.25) is 11.8 Å². The quantitative estimate of drug-likeness (QED) is 0.0407. The molecule has 7 aliphatic rings. The summed E-state index contributed by atoms with van der Waals surface area (Å²) in [5.41, 5.74) is -1.75. The molecule has 4 aliphatic carbocycles. The molecular formula is C52H76N2O22. The number of methoxy groups -OCH3 is 1. The van der Waals surface area contributed by atoms with Gasteiger partial charge in [0, 0.05) is 11.8 Å². The lowest BCUT2D eigenvalue weighted by Gasteiger charge is -2.64. The van der Waals surface area contributed by atoms with Gasteiger partial charge in [-0.25, -0.2) is 4.79 Å². The van der Waals surface area contributed by atoms with Crippen molar-refractivity contribution in [3.63, 3.8) is 0 Å². The van der Waals surface area contributed by atoms with Crippen molar-refractivity contribution >= 4 is 23.8 Å². The summed E-state index contributed by atoms with van der Waals surface area (Å²) in [6.45, 7) is 6.10. The average molecular weight is 1080 g/mol. The Hall–Kier alpha value is -3.80. The van der Waals surface area contributed by atoms with E-state index in [1.165, 1.54) is 7.11 Å². The minimum absolute atomic E-state index is 0.0122. The van der Waals surface area contributed by atoms with E-state index in [1.54, 1.807) is 30.3 Å². The summed E-state index contributed by atoms with van der Waals surface area (Å²) in [5, 5.41) is 122. The van der Waals surface area contributed by atoms with Gasteiger partial charge in [0.15, 0.2) is 18.9 Å². The number of rotatable bonds is 18. The Morgan fingerprint density at radius 2 is 1.26 bits per heavy atom. The summed E-state index contributed by atoms with van der Waals surface area (Å²) >= 11 is 0. The smallest absolute Gasteiger partial charge is 0.328 e. The third kappa shape index (κ3) is 10.8. The molecule has 1 aromatic carbocycles. The van der Waals surface area contributed by atoms with Crippen LogP contribution in [0.4, 0.5) is 0 Å². The van der Waals surface area contributed by atoms with Crippen molar-refractivity contribution in [2.24, 2.45) is 28.1 Å². The molecule has 24 nitrogen and oxygen atoms in total. The fourth-order valence-corrected chi connectivity index (χ4v) is 14.3. The number of benzene rings is 1. The second-order valence-electron chi connectivity index (χ2n) is 22.6. The summed E-state index contributed by atoms with van der Waals surface area (Å²) in [5.74, 6) is -3.66. The van der Waals surface area contributed by atoms with E-state index in [2.05, 4.69) is 24.1 Å². The van der Waals surface area contributed by atoms with Crippen LogP contribution in [0.2, 0.25) is 0 Å². The number of aliphatic carboxylic acids is 1. The molecule has 8 rings (SSSR count). The first-order valence-corrected chi connectivity index (χ1v) is 26.2. The van der Waals surface area contributed by atoms with Gasteiger partial charge in [-0.15, -0.1) is 0 Å². The Morgan fingerprint density at radius 3 is 1.84 bits per heavy atom. The zero-order valence-corrected chi connectivity index (χ0v) is 42.9. The lowest BCUT2D eigenvalue weighted by atomic mass is 9.40. The number of aliphatic hydroxyl groups is 10. The molecule has 3 aliphatic heterocycles. The number of ether oxygens (including phenoxy) is 7. The number of carbonyl (C=O) groups excluding carboxylic acids is 3. The van der Waals surface area contributed by atoms with Gasteiger partial charge in [-0.05, 0) is 85.2 Å². The molecule has 3 saturated heterocycles. The number of carboxylic acid groups (broad SMARTS) is 1. The first-order chi connectivity index (χ1) is 36.0. The Labute approximate surface area is 439 Å². The van der Waals surface area contributed by atoms with E-state index in [9.17, 15) is 75.3 Å². The Bertz CT molecular complexity index is 2240. The fourth-order valence-electron chi connectivity index (χ4n) is 14.3. The van der Waals surface area contributed by atoms with Gasteiger partial charge in [-0.1, -0.05) is 57.2 Å². The van der Waals surface area contributed by atoms with Crippen molar-refractivity contribution in [2.45, 2.75) is 194 Å². The summed E-state index contributed by atoms with van der Waals surface area (Å²) < 4.78 is 42.0. The SMILES string of the molecule is C=C1C[C@@]23CCC4[C@](C)(C(=O)NC(CC(=O)O)C(=O)NC(Cc5ccccc5)C(=O)OC)CCC[C@@]4(C)[C@@H]2CC[C@]1(O[C@@H]1O[C@H](CO)[C@@H](O)[C@H](O[C@@H]2O[C@H](CO)[C@@H](O)[C@H](O)[C@H]2O)[C@H]1O[C@@H]1O[C@H](CO)[C@@H](O)[C@H](O)[C@H]1O)C3. The molecule has 0 radical (unpaired) electrons. The maximum atomic E-state index is 14.8. The number of carboxylic acids is 1. The standard InChI is InChI=1S/C52H76N2O22/c1-24-19-51-15-11-31-49(2,13-8-14-50(31,3)48(69)54-26(18-33(58)59)43(67)53-27(44(68)70-4)17-25-9-6-5-7-10-25)32(51)12-16-52(24,23-51)76-47-42(75-46-40(66)38(64)35(61)29(21-56)72-46)41(36(62)30(22-57)73-47)74-45-39(65)37(63)34(60)28(20-55)71-45/h5-7,9-10,26-32,34-42,45-47,55-57,60-66H,1,8,11-23H2,2-4H3,(H,53,67)(H,54,69)(H,58,59)/t26?,27?,28-,29-,30-,31?,32+,34-,35-,36-,37+,38+,39-,40-,41+,42-,45+,46+,47+,49-,50-,51-,52+/m1/s1. The van der Waals surface area contributed by atoms with Crippen molar-refractivity contribution in [1.29, 1.82) is 0 Å². The van der Waals surface area contributed by atoms with Crippen molar-refractivity contribution in [2.75, 3.05) is 26.9 Å². The van der Waals surface area contributed by atoms with Gasteiger partial charge in [-0.2, -0.15) is 0 Å². The summed E-state index contributed by atoms with van der Waals surface area (Å²) in [6, 6.07) is 6.18. The van der Waals surface area contributed by atoms with Crippen molar-refractivity contribution in [3.8, 4) is 0 Å². The summed E-state index contributed by atoms with van der Waals surface area (Å²) in [4.78, 5) is 53.8. The molecule has 2 amide bonds. The second-order valence-corrected chi connectivity index (χ2v) is 22.6. The highest BCUT2D eigenvalue weighted by atomic mass is 16.8. The van der Waals surface area contributed by atoms with Crippen molar-refractivity contribution < 1.29 is 109 Å². The third-order valence-electron chi connectivity index (χ3n) is 18.2. The van der Waals surface area contributed by atoms with Crippen LogP contribution in [0.25, 0.3) is 0 Å². The lowest BCUT2D eigenvalue weighted by Crippen LogP contribution is -2.68. The maximum absolute atomic E-state index is 14.8. The maximum Gasteiger partial charge on any atom is 0.328 e. The Balaban J connectivity index is 1.04. The largest absolute Gasteiger partial charge is 0.481 e. The number of carbonyl (C=O) groups is 4. The van der Waals surface area contributed by atoms with Crippen LogP contribution in [0.3, 0.4) is 0 Å². The number of aliphatic hydroxyl groups excluding tert-OH is 10. The van der Waals surface area contributed by atoms with E-state index in [-0.39, 0.29) is 18.3 Å². The highest BCUT2D eigenvalue weighted by molar-refractivity contribution is 5.94. The zero-order chi connectivity index (χ0) is 55.2. The normalized spacial score (nSPS) is 43.9. The molecule has 426 valence electrons. The highest BCUT2D eigenvalue weighted by Crippen LogP contribution is 2.73. The first kappa shape index (κ1) is 58.4. The molecule has 3 unspecified atom stereocenters. The number of fused-ring (bicyclic) bond motifs is 3. The molecule has 23 atom stereocenters. The zero-order valence-electron chi connectivity index (χ0n) is 42.9. The molecular weight excluding hydrogens is 1000 g/mol. The van der Waals surface area contributed by atoms with Gasteiger partial charge >= 0.3 is 11.9 Å². The molecule has 1 spiro atoms. The number of amides is 2. The topological polar surface area (TPSA) is 379 Å². The molecule has 4 saturated carbocycles. The minimum atomic E-state index is -1.97. The van der Waals surface area contributed by atoms with Crippen LogP contribution in [0.5, 0.6) is 0 Å². The lowest BCUT2D eigenvalue weighted by molar-refractivity contribution is -0.400. The molecule has 76 heavy (non-hydrogen) atoms. The van der Waals surface area contributed by atoms with Crippen LogP contribution in [-0.4, -0.2) is 217 Å². The predicted octanol–water partition coefficient (Wildman–Crippen LogP) is -2.60. The molecule has 3 heterocycles. The van der Waals surface area contributed by atoms with Crippen LogP contribution < -0.4 is 10.6 Å².